The zero-order valence-corrected chi connectivity index (χ0v) is 12.6. The summed E-state index contributed by atoms with van der Waals surface area (Å²) in [7, 11) is 0. The molecule has 0 aliphatic heterocycles. The van der Waals surface area contributed by atoms with Gasteiger partial charge >= 0.3 is 0 Å². The fourth-order valence-corrected chi connectivity index (χ4v) is 3.01. The Hall–Kier alpha value is -2.18. The molecule has 1 aromatic carbocycles. The van der Waals surface area contributed by atoms with Crippen molar-refractivity contribution in [1.29, 1.82) is 0 Å². The smallest absolute Gasteiger partial charge is 0.277 e. The molecule has 3 N–H and O–H groups in total. The molecule has 2 heterocycles. The van der Waals surface area contributed by atoms with Gasteiger partial charge in [-0.3, -0.25) is 10.1 Å². The number of hydrogen-bond donors (Lipinski definition) is 2. The molecule has 5 nitrogen and oxygen atoms in total. The monoisotopic (exact) mass is 318 g/mol. The number of amides is 1. The topological polar surface area (TPSA) is 80.9 Å². The average molecular weight is 319 g/mol. The SMILES string of the molecule is Cc1ccc2nc(NC(=O)c3nc(N)ccc3Cl)sc2c1. The summed E-state index contributed by atoms with van der Waals surface area (Å²) in [5, 5.41) is 3.45. The van der Waals surface area contributed by atoms with Crippen LogP contribution in [-0.4, -0.2) is 15.9 Å². The molecule has 0 unspecified atom stereocenters. The Morgan fingerprint density at radius 2 is 2.10 bits per heavy atom. The number of hydrogen-bond acceptors (Lipinski definition) is 5. The van der Waals surface area contributed by atoms with E-state index in [0.29, 0.717) is 5.13 Å². The second kappa shape index (κ2) is 5.31. The zero-order chi connectivity index (χ0) is 15.0. The van der Waals surface area contributed by atoms with Crippen molar-refractivity contribution >= 4 is 50.0 Å². The van der Waals surface area contributed by atoms with E-state index in [0.717, 1.165) is 15.8 Å². The van der Waals surface area contributed by atoms with Gasteiger partial charge in [-0.15, -0.1) is 0 Å². The summed E-state index contributed by atoms with van der Waals surface area (Å²) < 4.78 is 1.01. The number of aromatic nitrogens is 2. The van der Waals surface area contributed by atoms with Crippen LogP contribution in [0.2, 0.25) is 5.02 Å². The van der Waals surface area contributed by atoms with Crippen molar-refractivity contribution in [3.8, 4) is 0 Å². The van der Waals surface area contributed by atoms with Gasteiger partial charge in [0.1, 0.15) is 11.5 Å². The number of nitrogens with two attached hydrogens (primary N) is 1. The number of anilines is 2. The number of fused-ring (bicyclic) bond motifs is 1. The van der Waals surface area contributed by atoms with Crippen LogP contribution in [0, 0.1) is 6.92 Å². The molecule has 0 aliphatic carbocycles. The molecular formula is C14H11ClN4OS. The first-order valence-electron chi connectivity index (χ1n) is 6.13. The van der Waals surface area contributed by atoms with Gasteiger partial charge in [-0.2, -0.15) is 0 Å². The second-order valence-corrected chi connectivity index (χ2v) is 5.95. The lowest BCUT2D eigenvalue weighted by Crippen LogP contribution is -2.14. The van der Waals surface area contributed by atoms with E-state index in [-0.39, 0.29) is 16.5 Å². The molecular weight excluding hydrogens is 308 g/mol. The quantitative estimate of drug-likeness (QED) is 0.758. The largest absolute Gasteiger partial charge is 0.384 e. The van der Waals surface area contributed by atoms with Crippen molar-refractivity contribution in [2.75, 3.05) is 11.1 Å². The van der Waals surface area contributed by atoms with E-state index in [1.165, 1.54) is 11.3 Å². The number of nitrogen functional groups attached to an aromatic ring is 1. The molecule has 0 bridgehead atoms. The van der Waals surface area contributed by atoms with E-state index in [9.17, 15) is 4.79 Å². The van der Waals surface area contributed by atoms with Crippen LogP contribution in [0.5, 0.6) is 0 Å². The van der Waals surface area contributed by atoms with Gasteiger partial charge in [0.15, 0.2) is 5.13 Å². The van der Waals surface area contributed by atoms with Crippen LogP contribution < -0.4 is 11.1 Å². The first-order valence-corrected chi connectivity index (χ1v) is 7.33. The van der Waals surface area contributed by atoms with Gasteiger partial charge in [-0.25, -0.2) is 9.97 Å². The molecule has 0 saturated heterocycles. The normalized spacial score (nSPS) is 10.8. The number of thiazole rings is 1. The van der Waals surface area contributed by atoms with Gasteiger partial charge in [-0.1, -0.05) is 29.0 Å². The summed E-state index contributed by atoms with van der Waals surface area (Å²) in [6.45, 7) is 2.01. The van der Waals surface area contributed by atoms with Gasteiger partial charge in [-0.05, 0) is 36.8 Å². The Kier molecular flexibility index (Phi) is 3.48. The highest BCUT2D eigenvalue weighted by Crippen LogP contribution is 2.27. The second-order valence-electron chi connectivity index (χ2n) is 4.51. The van der Waals surface area contributed by atoms with Crippen LogP contribution in [0.1, 0.15) is 16.1 Å². The number of nitrogens with zero attached hydrogens (tertiary/aromatic N) is 2. The van der Waals surface area contributed by atoms with Gasteiger partial charge in [0.2, 0.25) is 0 Å². The van der Waals surface area contributed by atoms with Crippen molar-refractivity contribution in [3.63, 3.8) is 0 Å². The molecule has 0 spiro atoms. The molecule has 106 valence electrons. The Morgan fingerprint density at radius 1 is 1.29 bits per heavy atom. The van der Waals surface area contributed by atoms with Crippen molar-refractivity contribution in [3.05, 3.63) is 46.6 Å². The Balaban J connectivity index is 1.90. The fourth-order valence-electron chi connectivity index (χ4n) is 1.86. The number of carbonyl (C=O) groups is 1. The average Bonchev–Trinajstić information content (AvgIpc) is 2.82. The van der Waals surface area contributed by atoms with Crippen molar-refractivity contribution in [1.82, 2.24) is 9.97 Å². The first-order chi connectivity index (χ1) is 10.0. The molecule has 1 amide bonds. The van der Waals surface area contributed by atoms with Crippen molar-refractivity contribution < 1.29 is 4.79 Å². The van der Waals surface area contributed by atoms with Gasteiger partial charge in [0, 0.05) is 0 Å². The predicted molar refractivity (Wildman–Crippen MR) is 86.0 cm³/mol. The van der Waals surface area contributed by atoms with Crippen molar-refractivity contribution in [2.45, 2.75) is 6.92 Å². The lowest BCUT2D eigenvalue weighted by molar-refractivity contribution is 0.102. The fraction of sp³-hybridized carbons (Fsp3) is 0.0714. The molecule has 0 radical (unpaired) electrons. The standard InChI is InChI=1S/C14H11ClN4OS/c1-7-2-4-9-10(6-7)21-14(17-9)19-13(20)12-8(15)3-5-11(16)18-12/h2-6H,1H3,(H2,16,18)(H,17,19,20). The summed E-state index contributed by atoms with van der Waals surface area (Å²) >= 11 is 7.36. The van der Waals surface area contributed by atoms with Gasteiger partial charge in [0.05, 0.1) is 15.2 Å². The molecule has 0 aliphatic rings. The molecule has 2 aromatic heterocycles. The van der Waals surface area contributed by atoms with E-state index in [1.807, 2.05) is 25.1 Å². The number of nitrogens with one attached hydrogen (secondary N) is 1. The third kappa shape index (κ3) is 2.81. The minimum absolute atomic E-state index is 0.0899. The predicted octanol–water partition coefficient (Wildman–Crippen LogP) is 3.49. The maximum Gasteiger partial charge on any atom is 0.277 e. The number of carbonyl (C=O) groups excluding carboxylic acids is 1. The van der Waals surface area contributed by atoms with Crippen LogP contribution >= 0.6 is 22.9 Å². The summed E-state index contributed by atoms with van der Waals surface area (Å²) in [6.07, 6.45) is 0. The molecule has 7 heteroatoms. The van der Waals surface area contributed by atoms with Crippen LogP contribution in [-0.2, 0) is 0 Å². The summed E-state index contributed by atoms with van der Waals surface area (Å²) in [5.74, 6) is -0.187. The first kappa shape index (κ1) is 13.8. The zero-order valence-electron chi connectivity index (χ0n) is 11.1. The highest BCUT2D eigenvalue weighted by molar-refractivity contribution is 7.22. The van der Waals surface area contributed by atoms with Gasteiger partial charge < -0.3 is 5.73 Å². The van der Waals surface area contributed by atoms with Crippen LogP contribution in [0.15, 0.2) is 30.3 Å². The maximum atomic E-state index is 12.2. The van der Waals surface area contributed by atoms with E-state index in [2.05, 4.69) is 15.3 Å². The van der Waals surface area contributed by atoms with Crippen molar-refractivity contribution in [2.24, 2.45) is 0 Å². The Morgan fingerprint density at radius 3 is 2.90 bits per heavy atom. The number of rotatable bonds is 2. The third-order valence-corrected chi connectivity index (χ3v) is 4.09. The highest BCUT2D eigenvalue weighted by Gasteiger charge is 2.15. The summed E-state index contributed by atoms with van der Waals surface area (Å²) in [6, 6.07) is 9.00. The minimum atomic E-state index is -0.428. The maximum absolute atomic E-state index is 12.2. The van der Waals surface area contributed by atoms with E-state index in [1.54, 1.807) is 12.1 Å². The summed E-state index contributed by atoms with van der Waals surface area (Å²) in [4.78, 5) is 20.5. The molecule has 0 saturated carbocycles. The lowest BCUT2D eigenvalue weighted by atomic mass is 10.2. The molecule has 3 rings (SSSR count). The van der Waals surface area contributed by atoms with E-state index < -0.39 is 5.91 Å². The van der Waals surface area contributed by atoms with Crippen LogP contribution in [0.25, 0.3) is 10.2 Å². The number of halogens is 1. The number of benzene rings is 1. The number of aryl methyl sites for hydroxylation is 1. The number of pyridine rings is 1. The highest BCUT2D eigenvalue weighted by atomic mass is 35.5. The lowest BCUT2D eigenvalue weighted by Gasteiger charge is -2.03. The Labute approximate surface area is 129 Å². The molecule has 0 fully saturated rings. The van der Waals surface area contributed by atoms with Gasteiger partial charge in [0.25, 0.3) is 5.91 Å². The minimum Gasteiger partial charge on any atom is -0.384 e. The molecule has 3 aromatic rings. The van der Waals surface area contributed by atoms with E-state index >= 15 is 0 Å². The molecule has 21 heavy (non-hydrogen) atoms. The van der Waals surface area contributed by atoms with Crippen LogP contribution in [0.4, 0.5) is 10.9 Å². The molecule has 0 atom stereocenters. The third-order valence-electron chi connectivity index (χ3n) is 2.85. The van der Waals surface area contributed by atoms with Crippen LogP contribution in [0.3, 0.4) is 0 Å². The Bertz CT molecular complexity index is 846. The summed E-state index contributed by atoms with van der Waals surface area (Å²) in [5.41, 5.74) is 7.65. The van der Waals surface area contributed by atoms with E-state index in [4.69, 9.17) is 17.3 Å².